The molecular formula is C20H26N6O2. The molecule has 0 aliphatic carbocycles. The molecule has 8 heteroatoms. The predicted octanol–water partition coefficient (Wildman–Crippen LogP) is 1.17. The van der Waals surface area contributed by atoms with Crippen LogP contribution in [0.25, 0.3) is 11.0 Å². The smallest absolute Gasteiger partial charge is 0.345 e. The van der Waals surface area contributed by atoms with Crippen molar-refractivity contribution in [3.8, 4) is 0 Å². The summed E-state index contributed by atoms with van der Waals surface area (Å²) in [7, 11) is 3.69. The van der Waals surface area contributed by atoms with Crippen molar-refractivity contribution in [2.45, 2.75) is 38.6 Å². The number of amides is 1. The molecule has 1 aromatic carbocycles. The van der Waals surface area contributed by atoms with E-state index in [4.69, 9.17) is 0 Å². The van der Waals surface area contributed by atoms with Gasteiger partial charge in [0, 0.05) is 46.4 Å². The Morgan fingerprint density at radius 1 is 1.25 bits per heavy atom. The Balaban J connectivity index is 1.28. The molecular weight excluding hydrogens is 356 g/mol. The van der Waals surface area contributed by atoms with Gasteiger partial charge >= 0.3 is 5.69 Å². The number of carbonyl (C=O) groups is 1. The predicted molar refractivity (Wildman–Crippen MR) is 106 cm³/mol. The standard InChI is InChI=1S/C20H26N6O2/c1-24-16-6-4-3-5-15(16)22-17(24)9-11-21-19(27)13-14-7-8-18-23-25(2)20(28)26(18)12-10-14/h3-6,14H,7-13H2,1-2H3,(H,21,27). The van der Waals surface area contributed by atoms with Crippen LogP contribution in [-0.4, -0.2) is 36.4 Å². The van der Waals surface area contributed by atoms with E-state index in [1.165, 1.54) is 4.68 Å². The van der Waals surface area contributed by atoms with Gasteiger partial charge in [-0.15, -0.1) is 0 Å². The Morgan fingerprint density at radius 2 is 2.07 bits per heavy atom. The number of imidazole rings is 1. The fourth-order valence-electron chi connectivity index (χ4n) is 4.03. The molecule has 1 N–H and O–H groups in total. The van der Waals surface area contributed by atoms with Crippen LogP contribution < -0.4 is 11.0 Å². The van der Waals surface area contributed by atoms with E-state index in [0.29, 0.717) is 25.9 Å². The number of para-hydroxylation sites is 2. The molecule has 0 bridgehead atoms. The number of benzene rings is 1. The maximum Gasteiger partial charge on any atom is 0.345 e. The van der Waals surface area contributed by atoms with Crippen LogP contribution in [0.5, 0.6) is 0 Å². The zero-order chi connectivity index (χ0) is 19.7. The Morgan fingerprint density at radius 3 is 2.89 bits per heavy atom. The molecule has 8 nitrogen and oxygen atoms in total. The number of nitrogens with zero attached hydrogens (tertiary/aromatic N) is 5. The molecule has 1 aliphatic heterocycles. The van der Waals surface area contributed by atoms with Crippen molar-refractivity contribution < 1.29 is 4.79 Å². The molecule has 3 heterocycles. The number of rotatable bonds is 5. The Hall–Kier alpha value is -2.90. The van der Waals surface area contributed by atoms with Crippen LogP contribution in [0, 0.1) is 5.92 Å². The molecule has 1 atom stereocenters. The van der Waals surface area contributed by atoms with E-state index in [1.54, 1.807) is 11.6 Å². The summed E-state index contributed by atoms with van der Waals surface area (Å²) < 4.78 is 5.21. The summed E-state index contributed by atoms with van der Waals surface area (Å²) in [5, 5.41) is 7.32. The van der Waals surface area contributed by atoms with Crippen molar-refractivity contribution in [3.05, 3.63) is 46.4 Å². The highest BCUT2D eigenvalue weighted by Gasteiger charge is 2.22. The SMILES string of the molecule is Cn1nc2n(c1=O)CCC(CC(=O)NCCc1nc3ccccc3n1C)CC2. The lowest BCUT2D eigenvalue weighted by Crippen LogP contribution is -2.28. The molecule has 1 amide bonds. The molecule has 1 unspecified atom stereocenters. The molecule has 2 aromatic heterocycles. The fraction of sp³-hybridized carbons (Fsp3) is 0.500. The van der Waals surface area contributed by atoms with Crippen LogP contribution in [-0.2, 0) is 38.3 Å². The first-order valence-electron chi connectivity index (χ1n) is 9.82. The highest BCUT2D eigenvalue weighted by molar-refractivity contribution is 5.76. The second kappa shape index (κ2) is 7.61. The average Bonchev–Trinajstić information content (AvgIpc) is 3.05. The quantitative estimate of drug-likeness (QED) is 0.718. The van der Waals surface area contributed by atoms with Gasteiger partial charge in [0.05, 0.1) is 11.0 Å². The number of aromatic nitrogens is 5. The van der Waals surface area contributed by atoms with Crippen molar-refractivity contribution in [2.24, 2.45) is 20.0 Å². The molecule has 4 rings (SSSR count). The fourth-order valence-corrected chi connectivity index (χ4v) is 4.03. The number of hydrogen-bond acceptors (Lipinski definition) is 4. The van der Waals surface area contributed by atoms with Crippen LogP contribution in [0.1, 0.15) is 30.9 Å². The van der Waals surface area contributed by atoms with Gasteiger partial charge in [0.2, 0.25) is 5.91 Å². The molecule has 0 spiro atoms. The van der Waals surface area contributed by atoms with Gasteiger partial charge in [-0.3, -0.25) is 9.36 Å². The van der Waals surface area contributed by atoms with Crippen LogP contribution in [0.2, 0.25) is 0 Å². The first-order chi connectivity index (χ1) is 13.5. The average molecular weight is 382 g/mol. The van der Waals surface area contributed by atoms with Gasteiger partial charge in [-0.05, 0) is 30.9 Å². The van der Waals surface area contributed by atoms with Crippen molar-refractivity contribution >= 4 is 16.9 Å². The van der Waals surface area contributed by atoms with Crippen molar-refractivity contribution in [1.29, 1.82) is 0 Å². The van der Waals surface area contributed by atoms with E-state index in [1.807, 2.05) is 25.2 Å². The highest BCUT2D eigenvalue weighted by atomic mass is 16.2. The van der Waals surface area contributed by atoms with Gasteiger partial charge in [-0.1, -0.05) is 12.1 Å². The number of hydrogen-bond donors (Lipinski definition) is 1. The molecule has 3 aromatic rings. The van der Waals surface area contributed by atoms with Gasteiger partial charge in [-0.25, -0.2) is 14.5 Å². The van der Waals surface area contributed by atoms with Gasteiger partial charge in [0.25, 0.3) is 0 Å². The Kier molecular flexibility index (Phi) is 5.02. The van der Waals surface area contributed by atoms with Crippen molar-refractivity contribution in [3.63, 3.8) is 0 Å². The van der Waals surface area contributed by atoms with Gasteiger partial charge in [0.15, 0.2) is 0 Å². The lowest BCUT2D eigenvalue weighted by molar-refractivity contribution is -0.122. The summed E-state index contributed by atoms with van der Waals surface area (Å²) in [5.74, 6) is 2.15. The summed E-state index contributed by atoms with van der Waals surface area (Å²) >= 11 is 0. The first-order valence-corrected chi connectivity index (χ1v) is 9.82. The van der Waals surface area contributed by atoms with Crippen molar-refractivity contribution in [1.82, 2.24) is 29.2 Å². The van der Waals surface area contributed by atoms with Gasteiger partial charge < -0.3 is 9.88 Å². The molecule has 0 saturated heterocycles. The zero-order valence-electron chi connectivity index (χ0n) is 16.4. The summed E-state index contributed by atoms with van der Waals surface area (Å²) in [4.78, 5) is 29.1. The minimum absolute atomic E-state index is 0.0659. The van der Waals surface area contributed by atoms with E-state index >= 15 is 0 Å². The number of fused-ring (bicyclic) bond motifs is 2. The summed E-state index contributed by atoms with van der Waals surface area (Å²) in [6.45, 7) is 1.21. The topological polar surface area (TPSA) is 86.7 Å². The third-order valence-electron chi connectivity index (χ3n) is 5.65. The number of aryl methyl sites for hydroxylation is 3. The second-order valence-electron chi connectivity index (χ2n) is 7.55. The first kappa shape index (κ1) is 18.5. The summed E-state index contributed by atoms with van der Waals surface area (Å²) in [6.07, 6.45) is 3.65. The zero-order valence-corrected chi connectivity index (χ0v) is 16.4. The van der Waals surface area contributed by atoms with E-state index in [2.05, 4.69) is 26.0 Å². The third kappa shape index (κ3) is 3.58. The van der Waals surface area contributed by atoms with Crippen LogP contribution in [0.3, 0.4) is 0 Å². The Labute approximate surface area is 163 Å². The third-order valence-corrected chi connectivity index (χ3v) is 5.65. The number of carbonyl (C=O) groups excluding carboxylic acids is 1. The van der Waals surface area contributed by atoms with Crippen molar-refractivity contribution in [2.75, 3.05) is 6.54 Å². The van der Waals surface area contributed by atoms with Crippen LogP contribution in [0.4, 0.5) is 0 Å². The second-order valence-corrected chi connectivity index (χ2v) is 7.55. The minimum atomic E-state index is -0.0671. The summed E-state index contributed by atoms with van der Waals surface area (Å²) in [6, 6.07) is 8.04. The minimum Gasteiger partial charge on any atom is -0.356 e. The number of nitrogens with one attached hydrogen (secondary N) is 1. The lowest BCUT2D eigenvalue weighted by atomic mass is 9.96. The van der Waals surface area contributed by atoms with Gasteiger partial charge in [-0.2, -0.15) is 5.10 Å². The summed E-state index contributed by atoms with van der Waals surface area (Å²) in [5.41, 5.74) is 2.02. The highest BCUT2D eigenvalue weighted by Crippen LogP contribution is 2.21. The van der Waals surface area contributed by atoms with E-state index in [0.717, 1.165) is 41.9 Å². The molecule has 0 radical (unpaired) electrons. The van der Waals surface area contributed by atoms with Crippen LogP contribution >= 0.6 is 0 Å². The molecule has 1 aliphatic rings. The molecule has 148 valence electrons. The van der Waals surface area contributed by atoms with Gasteiger partial charge in [0.1, 0.15) is 11.6 Å². The normalized spacial score (nSPS) is 16.7. The van der Waals surface area contributed by atoms with E-state index in [-0.39, 0.29) is 17.5 Å². The Bertz CT molecular complexity index is 1060. The molecule has 0 fully saturated rings. The molecule has 0 saturated carbocycles. The maximum atomic E-state index is 12.4. The lowest BCUT2D eigenvalue weighted by Gasteiger charge is -2.13. The largest absolute Gasteiger partial charge is 0.356 e. The monoisotopic (exact) mass is 382 g/mol. The van der Waals surface area contributed by atoms with E-state index < -0.39 is 0 Å². The molecule has 28 heavy (non-hydrogen) atoms. The van der Waals surface area contributed by atoms with Crippen LogP contribution in [0.15, 0.2) is 29.1 Å². The maximum absolute atomic E-state index is 12.4. The van der Waals surface area contributed by atoms with E-state index in [9.17, 15) is 9.59 Å².